The number of non-ortho nitro benzene ring substituents is 1. The van der Waals surface area contributed by atoms with Crippen molar-refractivity contribution in [3.63, 3.8) is 0 Å². The number of benzene rings is 1. The third kappa shape index (κ3) is 4.42. The van der Waals surface area contributed by atoms with Gasteiger partial charge in [-0.05, 0) is 6.07 Å². The van der Waals surface area contributed by atoms with E-state index in [2.05, 4.69) is 0 Å². The summed E-state index contributed by atoms with van der Waals surface area (Å²) in [5, 5.41) is 37.5. The van der Waals surface area contributed by atoms with Crippen LogP contribution >= 0.6 is 11.8 Å². The lowest BCUT2D eigenvalue weighted by atomic mass is 10.3. The molecule has 21 heavy (non-hydrogen) atoms. The molecule has 0 amide bonds. The van der Waals surface area contributed by atoms with Gasteiger partial charge in [0.05, 0.1) is 27.2 Å². The zero-order valence-electron chi connectivity index (χ0n) is 10.2. The van der Waals surface area contributed by atoms with Crippen LogP contribution in [0.4, 0.5) is 11.4 Å². The van der Waals surface area contributed by atoms with Crippen molar-refractivity contribution in [1.82, 2.24) is 0 Å². The number of hydrogen-bond donors (Lipinski definition) is 2. The van der Waals surface area contributed by atoms with Crippen molar-refractivity contribution in [2.45, 2.75) is 16.6 Å². The molecule has 0 aliphatic carbocycles. The lowest BCUT2D eigenvalue weighted by Gasteiger charge is -2.09. The molecule has 0 aliphatic rings. The fraction of sp³-hybridized carbons (Fsp3) is 0.200. The minimum absolute atomic E-state index is 0.153. The first kappa shape index (κ1) is 16.4. The van der Waals surface area contributed by atoms with E-state index in [-0.39, 0.29) is 4.90 Å². The van der Waals surface area contributed by atoms with Crippen LogP contribution in [0, 0.1) is 20.2 Å². The van der Waals surface area contributed by atoms with Gasteiger partial charge >= 0.3 is 11.9 Å². The molecule has 112 valence electrons. The number of thioether (sulfide) groups is 1. The number of carboxylic acids is 2. The van der Waals surface area contributed by atoms with Crippen LogP contribution in [0.15, 0.2) is 23.1 Å². The maximum absolute atomic E-state index is 10.9. The summed E-state index contributed by atoms with van der Waals surface area (Å²) in [6.07, 6.45) is -0.742. The second-order valence-corrected chi connectivity index (χ2v) is 4.95. The Hall–Kier alpha value is -2.69. The number of aliphatic carboxylic acids is 2. The van der Waals surface area contributed by atoms with Gasteiger partial charge < -0.3 is 10.2 Å². The Morgan fingerprint density at radius 3 is 2.24 bits per heavy atom. The molecule has 10 nitrogen and oxygen atoms in total. The maximum Gasteiger partial charge on any atom is 0.317 e. The molecule has 11 heteroatoms. The van der Waals surface area contributed by atoms with Crippen molar-refractivity contribution in [3.8, 4) is 0 Å². The summed E-state index contributed by atoms with van der Waals surface area (Å²) in [5.74, 6) is -2.82. The standard InChI is InChI=1S/C10H8N2O8S/c13-9(14)4-8(10(15)16)21-7-2-1-5(11(17)18)3-6(7)12(19)20/h1-3,8H,4H2,(H,13,14)(H,15,16). The van der Waals surface area contributed by atoms with E-state index in [1.165, 1.54) is 0 Å². The summed E-state index contributed by atoms with van der Waals surface area (Å²) in [6.45, 7) is 0. The molecular weight excluding hydrogens is 308 g/mol. The molecule has 0 spiro atoms. The van der Waals surface area contributed by atoms with Crippen LogP contribution in [-0.4, -0.2) is 37.2 Å². The molecule has 1 unspecified atom stereocenters. The largest absolute Gasteiger partial charge is 0.481 e. The predicted molar refractivity (Wildman–Crippen MR) is 69.3 cm³/mol. The number of nitro benzene ring substituents is 2. The number of carboxylic acid groups (broad SMARTS) is 2. The molecular formula is C10H8N2O8S. The SMILES string of the molecule is O=C(O)CC(Sc1ccc([N+](=O)[O-])cc1[N+](=O)[O-])C(=O)O. The van der Waals surface area contributed by atoms with Crippen molar-refractivity contribution in [2.75, 3.05) is 0 Å². The van der Waals surface area contributed by atoms with Gasteiger partial charge in [0.1, 0.15) is 5.25 Å². The highest BCUT2D eigenvalue weighted by Crippen LogP contribution is 2.35. The van der Waals surface area contributed by atoms with E-state index in [0.29, 0.717) is 17.8 Å². The van der Waals surface area contributed by atoms with Crippen LogP contribution < -0.4 is 0 Å². The number of carbonyl (C=O) groups is 2. The van der Waals surface area contributed by atoms with Gasteiger partial charge in [-0.25, -0.2) is 0 Å². The topological polar surface area (TPSA) is 161 Å². The summed E-state index contributed by atoms with van der Waals surface area (Å²) in [7, 11) is 0. The van der Waals surface area contributed by atoms with E-state index in [1.54, 1.807) is 0 Å². The van der Waals surface area contributed by atoms with E-state index in [9.17, 15) is 29.8 Å². The zero-order chi connectivity index (χ0) is 16.2. The first-order valence-corrected chi connectivity index (χ1v) is 6.14. The van der Waals surface area contributed by atoms with Crippen LogP contribution in [0.25, 0.3) is 0 Å². The lowest BCUT2D eigenvalue weighted by molar-refractivity contribution is -0.396. The van der Waals surface area contributed by atoms with Crippen molar-refractivity contribution in [3.05, 3.63) is 38.4 Å². The van der Waals surface area contributed by atoms with E-state index < -0.39 is 44.8 Å². The first-order valence-electron chi connectivity index (χ1n) is 5.26. The Balaban J connectivity index is 3.16. The number of hydrogen-bond acceptors (Lipinski definition) is 7. The molecule has 0 fully saturated rings. The van der Waals surface area contributed by atoms with Crippen LogP contribution in [0.5, 0.6) is 0 Å². The van der Waals surface area contributed by atoms with Crippen LogP contribution in [-0.2, 0) is 9.59 Å². The Kier molecular flexibility index (Phi) is 5.18. The zero-order valence-corrected chi connectivity index (χ0v) is 11.0. The van der Waals surface area contributed by atoms with Gasteiger partial charge in [-0.2, -0.15) is 0 Å². The maximum atomic E-state index is 10.9. The summed E-state index contributed by atoms with van der Waals surface area (Å²) < 4.78 is 0. The average molecular weight is 316 g/mol. The highest BCUT2D eigenvalue weighted by molar-refractivity contribution is 8.00. The van der Waals surface area contributed by atoms with Gasteiger partial charge in [0.25, 0.3) is 11.4 Å². The van der Waals surface area contributed by atoms with Crippen LogP contribution in [0.3, 0.4) is 0 Å². The minimum Gasteiger partial charge on any atom is -0.481 e. The lowest BCUT2D eigenvalue weighted by Crippen LogP contribution is -2.20. The monoisotopic (exact) mass is 316 g/mol. The second kappa shape index (κ2) is 6.65. The summed E-state index contributed by atoms with van der Waals surface area (Å²) in [5.41, 5.74) is -1.16. The Morgan fingerprint density at radius 1 is 1.19 bits per heavy atom. The quantitative estimate of drug-likeness (QED) is 0.431. The molecule has 1 aromatic rings. The number of nitro groups is 2. The second-order valence-electron chi connectivity index (χ2n) is 3.71. The number of nitrogens with zero attached hydrogens (tertiary/aromatic N) is 2. The van der Waals surface area contributed by atoms with E-state index in [0.717, 1.165) is 12.1 Å². The van der Waals surface area contributed by atoms with Crippen molar-refractivity contribution >= 4 is 35.1 Å². The highest BCUT2D eigenvalue weighted by atomic mass is 32.2. The Morgan fingerprint density at radius 2 is 1.81 bits per heavy atom. The van der Waals surface area contributed by atoms with Crippen LogP contribution in [0.2, 0.25) is 0 Å². The fourth-order valence-electron chi connectivity index (χ4n) is 1.35. The molecule has 0 bridgehead atoms. The highest BCUT2D eigenvalue weighted by Gasteiger charge is 2.27. The molecule has 2 N–H and O–H groups in total. The molecule has 1 atom stereocenters. The molecule has 1 rings (SSSR count). The van der Waals surface area contributed by atoms with Gasteiger partial charge in [-0.15, -0.1) is 11.8 Å². The molecule has 0 aromatic heterocycles. The van der Waals surface area contributed by atoms with Gasteiger partial charge in [0.2, 0.25) is 0 Å². The van der Waals surface area contributed by atoms with Crippen molar-refractivity contribution < 1.29 is 29.6 Å². The molecule has 0 saturated heterocycles. The van der Waals surface area contributed by atoms with E-state index >= 15 is 0 Å². The summed E-state index contributed by atoms with van der Waals surface area (Å²) >= 11 is 0.456. The Labute approximate surface area is 120 Å². The normalized spacial score (nSPS) is 11.6. The fourth-order valence-corrected chi connectivity index (χ4v) is 2.39. The van der Waals surface area contributed by atoms with Gasteiger partial charge in [-0.3, -0.25) is 29.8 Å². The third-order valence-corrected chi connectivity index (χ3v) is 3.51. The third-order valence-electron chi connectivity index (χ3n) is 2.25. The van der Waals surface area contributed by atoms with Gasteiger partial charge in [0.15, 0.2) is 0 Å². The molecule has 0 saturated carbocycles. The first-order chi connectivity index (χ1) is 9.72. The van der Waals surface area contributed by atoms with Crippen LogP contribution in [0.1, 0.15) is 6.42 Å². The predicted octanol–water partition coefficient (Wildman–Crippen LogP) is 1.52. The van der Waals surface area contributed by atoms with Gasteiger partial charge in [0, 0.05) is 6.07 Å². The van der Waals surface area contributed by atoms with E-state index in [1.807, 2.05) is 0 Å². The minimum atomic E-state index is -1.45. The summed E-state index contributed by atoms with van der Waals surface area (Å²) in [4.78, 5) is 41.1. The molecule has 0 aliphatic heterocycles. The summed E-state index contributed by atoms with van der Waals surface area (Å²) in [6, 6.07) is 2.70. The van der Waals surface area contributed by atoms with Crippen molar-refractivity contribution in [2.24, 2.45) is 0 Å². The van der Waals surface area contributed by atoms with Crippen molar-refractivity contribution in [1.29, 1.82) is 0 Å². The molecule has 1 aromatic carbocycles. The smallest absolute Gasteiger partial charge is 0.317 e. The molecule has 0 radical (unpaired) electrons. The molecule has 0 heterocycles. The van der Waals surface area contributed by atoms with Gasteiger partial charge in [-0.1, -0.05) is 0 Å². The average Bonchev–Trinajstić information content (AvgIpc) is 2.37. The Bertz CT molecular complexity index is 617. The number of rotatable bonds is 7. The van der Waals surface area contributed by atoms with E-state index in [4.69, 9.17) is 10.2 Å².